The average molecular weight is 1220 g/mol. The van der Waals surface area contributed by atoms with Crippen molar-refractivity contribution in [3.8, 4) is 5.75 Å². The van der Waals surface area contributed by atoms with Crippen LogP contribution >= 0.6 is 11.6 Å². The number of nitrogens with one attached hydrogen (secondary N) is 7. The fourth-order valence-corrected chi connectivity index (χ4v) is 10.4. The zero-order valence-electron chi connectivity index (χ0n) is 49.7. The number of fused-ring (bicyclic) bond motifs is 1. The molecule has 2 heterocycles. The first-order chi connectivity index (χ1) is 41.6. The van der Waals surface area contributed by atoms with Gasteiger partial charge in [-0.1, -0.05) is 98.2 Å². The highest BCUT2D eigenvalue weighted by atomic mass is 35.5. The Morgan fingerprint density at radius 1 is 0.644 bits per heavy atom. The maximum absolute atomic E-state index is 14.8. The van der Waals surface area contributed by atoms with Gasteiger partial charge in [0.1, 0.15) is 48.0 Å². The Hall–Kier alpha value is -8.67. The zero-order valence-corrected chi connectivity index (χ0v) is 50.4. The third-order valence-corrected chi connectivity index (χ3v) is 15.1. The van der Waals surface area contributed by atoms with Gasteiger partial charge in [0, 0.05) is 76.7 Å². The summed E-state index contributed by atoms with van der Waals surface area (Å²) in [6.07, 6.45) is 5.23. The predicted octanol–water partition coefficient (Wildman–Crippen LogP) is 1.92. The second kappa shape index (κ2) is 33.9. The topological polar surface area (TPSA) is 345 Å². The number of aliphatic hydroxyl groups is 1. The summed E-state index contributed by atoms with van der Waals surface area (Å²) in [7, 11) is 1.29. The first-order valence-electron chi connectivity index (χ1n) is 29.3. The summed E-state index contributed by atoms with van der Waals surface area (Å²) < 4.78 is 0. The number of phenolic OH excluding ortho intramolecular Hbond substituents is 1. The molecule has 0 bridgehead atoms. The average Bonchev–Trinajstić information content (AvgIpc) is 3.88. The summed E-state index contributed by atoms with van der Waals surface area (Å²) in [5.74, 6) is -6.07. The zero-order chi connectivity index (χ0) is 63.0. The van der Waals surface area contributed by atoms with Gasteiger partial charge >= 0.3 is 0 Å². The molecule has 5 aromatic rings. The third-order valence-electron chi connectivity index (χ3n) is 14.9. The SMILES string of the molecule is CC(=O)N[C@H](Cc1ccc2ccccc2c1)C(=O)N[C@H](Cc1ccc(Cl)cc1)C(=O)N[C@H](Cc1cccnc1)C(=O)N[C@@H](CO)C(=O)N(C)[C@@H](Cc1ccc(O)cc1)C(=O)N[C@H](CCCN=C(N)N)C(=O)N[C@@H](CC(C)C)C(=O)NCCN1CCCC1. The normalized spacial score (nSPS) is 14.7. The van der Waals surface area contributed by atoms with Crippen LogP contribution in [0.3, 0.4) is 0 Å². The first-order valence-corrected chi connectivity index (χ1v) is 29.6. The Labute approximate surface area is 512 Å². The number of aliphatic imine (C=N–C) groups is 1. The lowest BCUT2D eigenvalue weighted by Crippen LogP contribution is -2.61. The number of amides is 8. The molecule has 87 heavy (non-hydrogen) atoms. The number of benzene rings is 4. The standard InChI is InChI=1S/C63H82ClN13O10/c1-39(2)31-50(56(81)68-27-30-77-28-7-8-29-77)72-57(82)49(14-10-26-69-63(65)66)71-61(86)55(36-42-18-23-48(80)24-19-42)76(4)62(87)54(38-78)75-60(85)53(35-44-11-9-25-67-37-44)74-59(84)52(33-41-16-21-47(64)22-17-41)73-58(83)51(70-40(3)79)34-43-15-20-45-12-5-6-13-46(45)32-43/h5-6,9,11-13,15-25,32,37,39,49-55,78,80H,7-8,10,14,26-31,33-36,38H2,1-4H3,(H,68,81)(H,70,79)(H,71,86)(H,72,82)(H,73,83)(H,74,84)(H,75,85)(H4,65,66,69)/t49-,50+,51-,52-,53-,54+,55+/m1/s1. The highest BCUT2D eigenvalue weighted by molar-refractivity contribution is 6.30. The van der Waals surface area contributed by atoms with Gasteiger partial charge in [-0.2, -0.15) is 0 Å². The van der Waals surface area contributed by atoms with Crippen molar-refractivity contribution in [2.75, 3.05) is 46.4 Å². The van der Waals surface area contributed by atoms with Crippen LogP contribution in [-0.2, 0) is 64.0 Å². The number of hydrogen-bond acceptors (Lipinski definition) is 13. The van der Waals surface area contributed by atoms with Crippen LogP contribution in [0.15, 0.2) is 121 Å². The molecule has 23 nitrogen and oxygen atoms in total. The third kappa shape index (κ3) is 22.0. The summed E-state index contributed by atoms with van der Waals surface area (Å²) in [5.41, 5.74) is 13.5. The summed E-state index contributed by atoms with van der Waals surface area (Å²) >= 11 is 6.22. The number of carbonyl (C=O) groups excluding carboxylic acids is 8. The molecule has 7 atom stereocenters. The molecule has 0 unspecified atom stereocenters. The quantitative estimate of drug-likeness (QED) is 0.0167. The van der Waals surface area contributed by atoms with E-state index in [9.17, 15) is 48.6 Å². The number of rotatable bonds is 32. The highest BCUT2D eigenvalue weighted by Gasteiger charge is 2.37. The van der Waals surface area contributed by atoms with E-state index in [-0.39, 0.29) is 75.0 Å². The molecule has 1 aromatic heterocycles. The Bertz CT molecular complexity index is 3140. The predicted molar refractivity (Wildman–Crippen MR) is 332 cm³/mol. The van der Waals surface area contributed by atoms with E-state index in [0.717, 1.165) is 47.2 Å². The maximum Gasteiger partial charge on any atom is 0.247 e. The van der Waals surface area contributed by atoms with Crippen LogP contribution in [0.1, 0.15) is 75.1 Å². The van der Waals surface area contributed by atoms with E-state index in [1.165, 1.54) is 50.6 Å². The van der Waals surface area contributed by atoms with Crippen molar-refractivity contribution in [1.82, 2.24) is 52.0 Å². The van der Waals surface area contributed by atoms with E-state index in [1.807, 2.05) is 56.3 Å². The molecule has 1 fully saturated rings. The van der Waals surface area contributed by atoms with Crippen LogP contribution in [0.4, 0.5) is 0 Å². The van der Waals surface area contributed by atoms with Crippen molar-refractivity contribution in [3.63, 3.8) is 0 Å². The smallest absolute Gasteiger partial charge is 0.247 e. The summed E-state index contributed by atoms with van der Waals surface area (Å²) in [4.78, 5) is 125. The lowest BCUT2D eigenvalue weighted by Gasteiger charge is -2.32. The molecule has 0 saturated carbocycles. The van der Waals surface area contributed by atoms with Crippen LogP contribution in [0.2, 0.25) is 5.02 Å². The van der Waals surface area contributed by atoms with Gasteiger partial charge in [0.25, 0.3) is 0 Å². The van der Waals surface area contributed by atoms with E-state index in [4.69, 9.17) is 23.1 Å². The minimum Gasteiger partial charge on any atom is -0.508 e. The number of aromatic nitrogens is 1. The number of halogens is 1. The molecule has 8 amide bonds. The summed E-state index contributed by atoms with van der Waals surface area (Å²) in [5, 5.41) is 42.8. The largest absolute Gasteiger partial charge is 0.508 e. The van der Waals surface area contributed by atoms with Gasteiger partial charge in [-0.3, -0.25) is 48.3 Å². The number of guanidine groups is 1. The summed E-state index contributed by atoms with van der Waals surface area (Å²) in [6, 6.07) is 19.6. The molecule has 0 aliphatic carbocycles. The monoisotopic (exact) mass is 1220 g/mol. The summed E-state index contributed by atoms with van der Waals surface area (Å²) in [6.45, 7) is 7.11. The number of phenols is 1. The minimum atomic E-state index is -1.73. The van der Waals surface area contributed by atoms with Gasteiger partial charge in [-0.05, 0) is 114 Å². The van der Waals surface area contributed by atoms with Gasteiger partial charge in [-0.15, -0.1) is 0 Å². The van der Waals surface area contributed by atoms with E-state index in [1.54, 1.807) is 36.4 Å². The second-order valence-corrected chi connectivity index (χ2v) is 22.7. The minimum absolute atomic E-state index is 0.00622. The molecule has 4 aromatic carbocycles. The van der Waals surface area contributed by atoms with Crippen LogP contribution in [0, 0.1) is 5.92 Å². The molecule has 13 N–H and O–H groups in total. The molecule has 0 radical (unpaired) electrons. The van der Waals surface area contributed by atoms with E-state index < -0.39 is 90.3 Å². The number of pyridine rings is 1. The second-order valence-electron chi connectivity index (χ2n) is 22.3. The number of aliphatic hydroxyl groups excluding tert-OH is 1. The number of hydrogen-bond donors (Lipinski definition) is 11. The van der Waals surface area contributed by atoms with Crippen LogP contribution in [-0.4, -0.2) is 167 Å². The van der Waals surface area contributed by atoms with E-state index >= 15 is 0 Å². The molecule has 24 heteroatoms. The number of carbonyl (C=O) groups is 8. The van der Waals surface area contributed by atoms with Crippen molar-refractivity contribution < 1.29 is 48.6 Å². The first kappa shape index (κ1) is 67.5. The Kier molecular flexibility index (Phi) is 26.3. The number of nitrogens with two attached hydrogens (primary N) is 2. The maximum atomic E-state index is 14.8. The van der Waals surface area contributed by atoms with E-state index in [0.29, 0.717) is 34.8 Å². The molecular formula is C63H82ClN13O10. The fourth-order valence-electron chi connectivity index (χ4n) is 10.2. The number of nitrogens with zero attached hydrogens (tertiary/aromatic N) is 4. The molecule has 1 aliphatic heterocycles. The fraction of sp³-hybridized carbons (Fsp3) is 0.429. The lowest BCUT2D eigenvalue weighted by atomic mass is 9.99. The van der Waals surface area contributed by atoms with Gasteiger partial charge in [0.15, 0.2) is 5.96 Å². The highest BCUT2D eigenvalue weighted by Crippen LogP contribution is 2.20. The van der Waals surface area contributed by atoms with E-state index in [2.05, 4.69) is 52.1 Å². The molecular weight excluding hydrogens is 1130 g/mol. The molecule has 0 spiro atoms. The molecule has 1 aliphatic rings. The van der Waals surface area contributed by atoms with Crippen molar-refractivity contribution in [2.45, 2.75) is 121 Å². The lowest BCUT2D eigenvalue weighted by molar-refractivity contribution is -0.144. The van der Waals surface area contributed by atoms with Crippen LogP contribution in [0.25, 0.3) is 10.8 Å². The van der Waals surface area contributed by atoms with Gasteiger partial charge in [0.2, 0.25) is 47.3 Å². The van der Waals surface area contributed by atoms with Gasteiger partial charge in [0.05, 0.1) is 6.61 Å². The molecule has 1 saturated heterocycles. The molecule has 466 valence electrons. The Balaban J connectivity index is 1.25. The van der Waals surface area contributed by atoms with Crippen molar-refractivity contribution >= 4 is 75.6 Å². The number of aromatic hydroxyl groups is 1. The number of likely N-dealkylation sites (N-methyl/N-ethyl adjacent to an activating group) is 1. The van der Waals surface area contributed by atoms with Crippen LogP contribution < -0.4 is 48.7 Å². The Morgan fingerprint density at radius 2 is 1.20 bits per heavy atom. The number of likely N-dealkylation sites (tertiary alicyclic amines) is 1. The van der Waals surface area contributed by atoms with Crippen molar-refractivity contribution in [3.05, 3.63) is 143 Å². The van der Waals surface area contributed by atoms with Crippen molar-refractivity contribution in [2.24, 2.45) is 22.4 Å². The molecule has 6 rings (SSSR count). The van der Waals surface area contributed by atoms with Gasteiger partial charge in [-0.25, -0.2) is 0 Å². The van der Waals surface area contributed by atoms with Gasteiger partial charge < -0.3 is 68.7 Å². The van der Waals surface area contributed by atoms with Crippen molar-refractivity contribution in [1.29, 1.82) is 0 Å². The Morgan fingerprint density at radius 3 is 1.80 bits per heavy atom. The van der Waals surface area contributed by atoms with Crippen LogP contribution in [0.5, 0.6) is 5.75 Å².